The summed E-state index contributed by atoms with van der Waals surface area (Å²) < 4.78 is 0. The van der Waals surface area contributed by atoms with Crippen LogP contribution >= 0.6 is 0 Å². The highest BCUT2D eigenvalue weighted by Gasteiger charge is 1.99. The average molecular weight is 149 g/mol. The lowest BCUT2D eigenvalue weighted by Gasteiger charge is -2.01. The fourth-order valence-corrected chi connectivity index (χ4v) is 0.939. The minimum atomic E-state index is 0.0965. The van der Waals surface area contributed by atoms with Crippen LogP contribution in [0.25, 0.3) is 0 Å². The molecule has 0 aliphatic rings. The molecule has 11 heavy (non-hydrogen) atoms. The van der Waals surface area contributed by atoms with Crippen LogP contribution < -0.4 is 0 Å². The molecule has 0 radical (unpaired) electrons. The van der Waals surface area contributed by atoms with Crippen LogP contribution in [-0.2, 0) is 11.2 Å². The predicted molar refractivity (Wildman–Crippen MR) is 43.2 cm³/mol. The Morgan fingerprint density at radius 3 is 3.09 bits per heavy atom. The summed E-state index contributed by atoms with van der Waals surface area (Å²) in [6, 6.07) is 3.86. The van der Waals surface area contributed by atoms with Gasteiger partial charge in [0.2, 0.25) is 0 Å². The van der Waals surface area contributed by atoms with E-state index in [1.807, 2.05) is 19.1 Å². The van der Waals surface area contributed by atoms with E-state index < -0.39 is 0 Å². The Labute approximate surface area is 66.3 Å². The summed E-state index contributed by atoms with van der Waals surface area (Å²) in [5.41, 5.74) is 1.12. The van der Waals surface area contributed by atoms with Crippen LogP contribution in [0.3, 0.4) is 0 Å². The summed E-state index contributed by atoms with van der Waals surface area (Å²) in [7, 11) is 0. The van der Waals surface area contributed by atoms with Gasteiger partial charge in [-0.2, -0.15) is 0 Å². The van der Waals surface area contributed by atoms with Crippen molar-refractivity contribution in [3.05, 3.63) is 30.1 Å². The molecular weight excluding hydrogens is 138 g/mol. The van der Waals surface area contributed by atoms with E-state index in [-0.39, 0.29) is 5.92 Å². The standard InChI is InChI=1S/C9H11NO/c1-8(7-11)5-9-3-2-4-10-6-9/h2-4,6-8H,5H2,1H3. The third kappa shape index (κ3) is 2.50. The summed E-state index contributed by atoms with van der Waals surface area (Å²) in [6.07, 6.45) is 5.28. The molecule has 0 aliphatic carbocycles. The molecule has 0 amide bonds. The van der Waals surface area contributed by atoms with Crippen molar-refractivity contribution in [3.63, 3.8) is 0 Å². The van der Waals surface area contributed by atoms with Crippen LogP contribution in [0.2, 0.25) is 0 Å². The molecule has 58 valence electrons. The summed E-state index contributed by atoms with van der Waals surface area (Å²) in [5, 5.41) is 0. The Morgan fingerprint density at radius 2 is 2.55 bits per heavy atom. The minimum absolute atomic E-state index is 0.0965. The van der Waals surface area contributed by atoms with Gasteiger partial charge >= 0.3 is 0 Å². The zero-order valence-electron chi connectivity index (χ0n) is 6.53. The van der Waals surface area contributed by atoms with Crippen LogP contribution in [0.4, 0.5) is 0 Å². The smallest absolute Gasteiger partial charge is 0.123 e. The number of hydrogen-bond acceptors (Lipinski definition) is 2. The molecule has 2 heteroatoms. The van der Waals surface area contributed by atoms with Crippen LogP contribution in [0.5, 0.6) is 0 Å². The fourth-order valence-electron chi connectivity index (χ4n) is 0.939. The van der Waals surface area contributed by atoms with Gasteiger partial charge in [-0.3, -0.25) is 4.98 Å². The lowest BCUT2D eigenvalue weighted by atomic mass is 10.0. The van der Waals surface area contributed by atoms with Crippen molar-refractivity contribution in [2.24, 2.45) is 5.92 Å². The maximum absolute atomic E-state index is 10.3. The maximum atomic E-state index is 10.3. The molecular formula is C9H11NO. The molecule has 1 aromatic rings. The first-order valence-electron chi connectivity index (χ1n) is 3.67. The van der Waals surface area contributed by atoms with E-state index in [0.29, 0.717) is 0 Å². The number of aromatic nitrogens is 1. The molecule has 1 unspecified atom stereocenters. The van der Waals surface area contributed by atoms with E-state index >= 15 is 0 Å². The van der Waals surface area contributed by atoms with Gasteiger partial charge in [-0.25, -0.2) is 0 Å². The third-order valence-electron chi connectivity index (χ3n) is 1.51. The van der Waals surface area contributed by atoms with Gasteiger partial charge in [0.25, 0.3) is 0 Å². The van der Waals surface area contributed by atoms with Crippen molar-refractivity contribution in [2.75, 3.05) is 0 Å². The number of carbonyl (C=O) groups excluding carboxylic acids is 1. The van der Waals surface area contributed by atoms with Gasteiger partial charge in [-0.1, -0.05) is 13.0 Å². The Kier molecular flexibility index (Phi) is 2.78. The van der Waals surface area contributed by atoms with Crippen molar-refractivity contribution in [3.8, 4) is 0 Å². The van der Waals surface area contributed by atoms with Gasteiger partial charge in [0.1, 0.15) is 6.29 Å². The highest BCUT2D eigenvalue weighted by Crippen LogP contribution is 2.03. The van der Waals surface area contributed by atoms with E-state index in [1.54, 1.807) is 12.4 Å². The molecule has 0 aliphatic heterocycles. The number of pyridine rings is 1. The molecule has 0 aromatic carbocycles. The van der Waals surface area contributed by atoms with Crippen molar-refractivity contribution >= 4 is 6.29 Å². The van der Waals surface area contributed by atoms with Crippen LogP contribution in [0.15, 0.2) is 24.5 Å². The van der Waals surface area contributed by atoms with E-state index in [2.05, 4.69) is 4.98 Å². The molecule has 0 N–H and O–H groups in total. The van der Waals surface area contributed by atoms with Gasteiger partial charge in [0.15, 0.2) is 0 Å². The highest BCUT2D eigenvalue weighted by atomic mass is 16.1. The average Bonchev–Trinajstić information content (AvgIpc) is 2.06. The number of hydrogen-bond donors (Lipinski definition) is 0. The van der Waals surface area contributed by atoms with E-state index in [0.717, 1.165) is 18.3 Å². The Balaban J connectivity index is 2.57. The normalized spacial score (nSPS) is 12.5. The molecule has 2 nitrogen and oxygen atoms in total. The van der Waals surface area contributed by atoms with Crippen LogP contribution in [0.1, 0.15) is 12.5 Å². The van der Waals surface area contributed by atoms with E-state index in [1.165, 1.54) is 0 Å². The van der Waals surface area contributed by atoms with E-state index in [9.17, 15) is 4.79 Å². The van der Waals surface area contributed by atoms with Crippen molar-refractivity contribution in [1.82, 2.24) is 4.98 Å². The second-order valence-corrected chi connectivity index (χ2v) is 2.68. The largest absolute Gasteiger partial charge is 0.303 e. The summed E-state index contributed by atoms with van der Waals surface area (Å²) in [4.78, 5) is 14.2. The lowest BCUT2D eigenvalue weighted by Crippen LogP contribution is -2.00. The molecule has 0 bridgehead atoms. The first-order valence-corrected chi connectivity index (χ1v) is 3.67. The lowest BCUT2D eigenvalue weighted by molar-refractivity contribution is -0.110. The zero-order valence-corrected chi connectivity index (χ0v) is 6.53. The minimum Gasteiger partial charge on any atom is -0.303 e. The van der Waals surface area contributed by atoms with Crippen molar-refractivity contribution < 1.29 is 4.79 Å². The topological polar surface area (TPSA) is 30.0 Å². The van der Waals surface area contributed by atoms with Gasteiger partial charge in [-0.15, -0.1) is 0 Å². The predicted octanol–water partition coefficient (Wildman–Crippen LogP) is 1.46. The molecule has 1 rings (SSSR count). The fraction of sp³-hybridized carbons (Fsp3) is 0.333. The van der Waals surface area contributed by atoms with Gasteiger partial charge in [0, 0.05) is 18.3 Å². The molecule has 1 atom stereocenters. The SMILES string of the molecule is CC(C=O)Cc1cccnc1. The summed E-state index contributed by atoms with van der Waals surface area (Å²) in [5.74, 6) is 0.0965. The maximum Gasteiger partial charge on any atom is 0.123 e. The number of carbonyl (C=O) groups is 1. The zero-order chi connectivity index (χ0) is 8.10. The molecule has 1 heterocycles. The van der Waals surface area contributed by atoms with Crippen molar-refractivity contribution in [1.29, 1.82) is 0 Å². The quantitative estimate of drug-likeness (QED) is 0.609. The van der Waals surface area contributed by atoms with Crippen molar-refractivity contribution in [2.45, 2.75) is 13.3 Å². The van der Waals surface area contributed by atoms with E-state index in [4.69, 9.17) is 0 Å². The van der Waals surface area contributed by atoms with Gasteiger partial charge in [0.05, 0.1) is 0 Å². The number of nitrogens with zero attached hydrogens (tertiary/aromatic N) is 1. The molecule has 0 fully saturated rings. The van der Waals surface area contributed by atoms with Crippen LogP contribution in [0, 0.1) is 5.92 Å². The summed E-state index contributed by atoms with van der Waals surface area (Å²) in [6.45, 7) is 1.90. The van der Waals surface area contributed by atoms with Gasteiger partial charge < -0.3 is 4.79 Å². The number of aldehydes is 1. The monoisotopic (exact) mass is 149 g/mol. The Hall–Kier alpha value is -1.18. The van der Waals surface area contributed by atoms with Gasteiger partial charge in [-0.05, 0) is 18.1 Å². The second kappa shape index (κ2) is 3.86. The molecule has 0 spiro atoms. The van der Waals surface area contributed by atoms with Crippen LogP contribution in [-0.4, -0.2) is 11.3 Å². The molecule has 1 aromatic heterocycles. The Bertz CT molecular complexity index is 220. The molecule has 0 saturated heterocycles. The summed E-state index contributed by atoms with van der Waals surface area (Å²) >= 11 is 0. The molecule has 0 saturated carbocycles. The number of rotatable bonds is 3. The Morgan fingerprint density at radius 1 is 1.73 bits per heavy atom. The third-order valence-corrected chi connectivity index (χ3v) is 1.51. The highest BCUT2D eigenvalue weighted by molar-refractivity contribution is 5.53. The first-order chi connectivity index (χ1) is 5.33. The first kappa shape index (κ1) is 7.92. The second-order valence-electron chi connectivity index (χ2n) is 2.68.